The van der Waals surface area contributed by atoms with Gasteiger partial charge >= 0.3 is 5.97 Å². The van der Waals surface area contributed by atoms with Crippen LogP contribution in [0.3, 0.4) is 0 Å². The fourth-order valence-electron chi connectivity index (χ4n) is 2.03. The lowest BCUT2D eigenvalue weighted by molar-refractivity contribution is -0.384. The molecule has 0 radical (unpaired) electrons. The number of fused-ring (bicyclic) bond motifs is 1. The molecule has 1 heterocycles. The van der Waals surface area contributed by atoms with Gasteiger partial charge in [-0.05, 0) is 24.3 Å². The average Bonchev–Trinajstić information content (AvgIpc) is 2.58. The van der Waals surface area contributed by atoms with E-state index in [4.69, 9.17) is 20.8 Å². The second kappa shape index (κ2) is 6.13. The summed E-state index contributed by atoms with van der Waals surface area (Å²) in [6.45, 7) is 0. The summed E-state index contributed by atoms with van der Waals surface area (Å²) in [4.78, 5) is 33.9. The van der Waals surface area contributed by atoms with E-state index in [1.54, 1.807) is 0 Å². The van der Waals surface area contributed by atoms with Gasteiger partial charge in [0, 0.05) is 18.2 Å². The van der Waals surface area contributed by atoms with E-state index in [-0.39, 0.29) is 38.4 Å². The summed E-state index contributed by atoms with van der Waals surface area (Å²) < 4.78 is 10.4. The number of nitrogens with zero attached hydrogens (tertiary/aromatic N) is 1. The highest BCUT2D eigenvalue weighted by atomic mass is 35.5. The third kappa shape index (κ3) is 2.97. The smallest absolute Gasteiger partial charge is 0.343 e. The van der Waals surface area contributed by atoms with Crippen molar-refractivity contribution in [3.05, 3.63) is 79.7 Å². The Morgan fingerprint density at radius 3 is 2.54 bits per heavy atom. The van der Waals surface area contributed by atoms with E-state index < -0.39 is 10.9 Å². The molecule has 0 fully saturated rings. The molecule has 0 N–H and O–H groups in total. The summed E-state index contributed by atoms with van der Waals surface area (Å²) in [5.74, 6) is -0.531. The van der Waals surface area contributed by atoms with Crippen LogP contribution in [0, 0.1) is 10.1 Å². The number of carbonyl (C=O) groups excluding carboxylic acids is 1. The van der Waals surface area contributed by atoms with Crippen molar-refractivity contribution in [1.29, 1.82) is 0 Å². The van der Waals surface area contributed by atoms with E-state index in [0.29, 0.717) is 0 Å². The van der Waals surface area contributed by atoms with Gasteiger partial charge in [-0.25, -0.2) is 4.79 Å². The summed E-state index contributed by atoms with van der Waals surface area (Å²) in [6.07, 6.45) is 1.11. The zero-order chi connectivity index (χ0) is 17.3. The molecule has 120 valence electrons. The molecule has 0 aliphatic rings. The average molecular weight is 346 g/mol. The first kappa shape index (κ1) is 15.7. The maximum Gasteiger partial charge on any atom is 0.343 e. The standard InChI is InChI=1S/C16H8ClNO6/c17-13-8-23-14-7-11(5-6-12(14)15(13)19)24-16(20)9-1-3-10(4-2-9)18(21)22/h1-8H. The van der Waals surface area contributed by atoms with E-state index in [1.165, 1.54) is 42.5 Å². The Balaban J connectivity index is 1.86. The van der Waals surface area contributed by atoms with E-state index in [9.17, 15) is 19.7 Å². The second-order valence-corrected chi connectivity index (χ2v) is 5.17. The molecule has 3 aromatic rings. The van der Waals surface area contributed by atoms with Crippen molar-refractivity contribution in [2.45, 2.75) is 0 Å². The minimum Gasteiger partial charge on any atom is -0.462 e. The lowest BCUT2D eigenvalue weighted by atomic mass is 10.2. The topological polar surface area (TPSA) is 99.7 Å². The van der Waals surface area contributed by atoms with Gasteiger partial charge < -0.3 is 9.15 Å². The van der Waals surface area contributed by atoms with Crippen molar-refractivity contribution in [3.8, 4) is 5.75 Å². The molecule has 0 amide bonds. The first-order valence-electron chi connectivity index (χ1n) is 6.63. The van der Waals surface area contributed by atoms with Crippen LogP contribution in [0.5, 0.6) is 5.75 Å². The Morgan fingerprint density at radius 2 is 1.88 bits per heavy atom. The number of carbonyl (C=O) groups is 1. The molecule has 0 saturated carbocycles. The number of non-ortho nitro benzene ring substituents is 1. The van der Waals surface area contributed by atoms with E-state index in [2.05, 4.69) is 0 Å². The monoisotopic (exact) mass is 345 g/mol. The molecule has 2 aromatic carbocycles. The van der Waals surface area contributed by atoms with Gasteiger partial charge in [-0.3, -0.25) is 14.9 Å². The van der Waals surface area contributed by atoms with Gasteiger partial charge in [0.25, 0.3) is 5.69 Å². The third-order valence-corrected chi connectivity index (χ3v) is 3.49. The number of esters is 1. The number of ether oxygens (including phenoxy) is 1. The molecule has 0 unspecified atom stereocenters. The van der Waals surface area contributed by atoms with Crippen LogP contribution < -0.4 is 10.2 Å². The third-order valence-electron chi connectivity index (χ3n) is 3.23. The Bertz CT molecular complexity index is 1010. The number of halogens is 1. The minimum atomic E-state index is -0.694. The van der Waals surface area contributed by atoms with Crippen LogP contribution in [0.2, 0.25) is 5.02 Å². The quantitative estimate of drug-likeness (QED) is 0.311. The van der Waals surface area contributed by atoms with Crippen LogP contribution in [0.15, 0.2) is 57.9 Å². The van der Waals surface area contributed by atoms with E-state index in [1.807, 2.05) is 0 Å². The molecule has 0 spiro atoms. The highest BCUT2D eigenvalue weighted by Gasteiger charge is 2.13. The highest BCUT2D eigenvalue weighted by Crippen LogP contribution is 2.21. The van der Waals surface area contributed by atoms with Gasteiger partial charge in [-0.15, -0.1) is 0 Å². The van der Waals surface area contributed by atoms with Gasteiger partial charge in [0.2, 0.25) is 5.43 Å². The van der Waals surface area contributed by atoms with Crippen molar-refractivity contribution in [1.82, 2.24) is 0 Å². The number of nitro benzene ring substituents is 1. The first-order valence-corrected chi connectivity index (χ1v) is 7.01. The molecule has 0 saturated heterocycles. The fraction of sp³-hybridized carbons (Fsp3) is 0. The predicted octanol–water partition coefficient (Wildman–Crippen LogP) is 3.57. The molecule has 0 aliphatic carbocycles. The molecular formula is C16H8ClNO6. The van der Waals surface area contributed by atoms with E-state index in [0.717, 1.165) is 6.26 Å². The number of nitro groups is 1. The number of hydrogen-bond donors (Lipinski definition) is 0. The molecule has 0 bridgehead atoms. The van der Waals surface area contributed by atoms with E-state index >= 15 is 0 Å². The maximum atomic E-state index is 12.0. The Kier molecular flexibility index (Phi) is 4.01. The molecule has 0 aliphatic heterocycles. The van der Waals surface area contributed by atoms with Crippen molar-refractivity contribution in [2.24, 2.45) is 0 Å². The lowest BCUT2D eigenvalue weighted by Crippen LogP contribution is -2.09. The van der Waals surface area contributed by atoms with Crippen LogP contribution in [-0.4, -0.2) is 10.9 Å². The Morgan fingerprint density at radius 1 is 1.17 bits per heavy atom. The molecule has 1 aromatic heterocycles. The van der Waals surface area contributed by atoms with Crippen molar-refractivity contribution < 1.29 is 18.9 Å². The lowest BCUT2D eigenvalue weighted by Gasteiger charge is -2.05. The highest BCUT2D eigenvalue weighted by molar-refractivity contribution is 6.30. The van der Waals surface area contributed by atoms with Gasteiger partial charge in [-0.1, -0.05) is 11.6 Å². The predicted molar refractivity (Wildman–Crippen MR) is 85.5 cm³/mol. The Labute approximate surface area is 139 Å². The molecule has 24 heavy (non-hydrogen) atoms. The van der Waals surface area contributed by atoms with Gasteiger partial charge in [0.05, 0.1) is 15.9 Å². The normalized spacial score (nSPS) is 10.5. The minimum absolute atomic E-state index is 0.0434. The summed E-state index contributed by atoms with van der Waals surface area (Å²) in [5, 5.41) is 10.8. The van der Waals surface area contributed by atoms with Crippen LogP contribution in [0.25, 0.3) is 11.0 Å². The summed E-state index contributed by atoms with van der Waals surface area (Å²) >= 11 is 5.69. The number of benzene rings is 2. The fourth-order valence-corrected chi connectivity index (χ4v) is 2.18. The zero-order valence-corrected chi connectivity index (χ0v) is 12.6. The summed E-state index contributed by atoms with van der Waals surface area (Å²) in [7, 11) is 0. The SMILES string of the molecule is O=C(Oc1ccc2c(=O)c(Cl)coc2c1)c1ccc([N+](=O)[O-])cc1. The Hall–Kier alpha value is -3.19. The van der Waals surface area contributed by atoms with Crippen LogP contribution in [0.1, 0.15) is 10.4 Å². The van der Waals surface area contributed by atoms with Gasteiger partial charge in [0.1, 0.15) is 22.6 Å². The van der Waals surface area contributed by atoms with Crippen molar-refractivity contribution in [3.63, 3.8) is 0 Å². The molecule has 7 nitrogen and oxygen atoms in total. The van der Waals surface area contributed by atoms with Crippen LogP contribution in [-0.2, 0) is 0 Å². The summed E-state index contributed by atoms with van der Waals surface area (Å²) in [5.41, 5.74) is -0.140. The molecule has 8 heteroatoms. The van der Waals surface area contributed by atoms with Crippen LogP contribution >= 0.6 is 11.6 Å². The van der Waals surface area contributed by atoms with Crippen LogP contribution in [0.4, 0.5) is 5.69 Å². The number of rotatable bonds is 3. The first-order chi connectivity index (χ1) is 11.5. The maximum absolute atomic E-state index is 12.0. The molecular weight excluding hydrogens is 338 g/mol. The van der Waals surface area contributed by atoms with Gasteiger partial charge in [0.15, 0.2) is 0 Å². The van der Waals surface area contributed by atoms with Gasteiger partial charge in [-0.2, -0.15) is 0 Å². The molecule has 3 rings (SSSR count). The summed E-state index contributed by atoms with van der Waals surface area (Å²) in [6, 6.07) is 9.25. The number of hydrogen-bond acceptors (Lipinski definition) is 6. The largest absolute Gasteiger partial charge is 0.462 e. The molecule has 0 atom stereocenters. The van der Waals surface area contributed by atoms with Crippen molar-refractivity contribution >= 4 is 34.2 Å². The zero-order valence-electron chi connectivity index (χ0n) is 11.9. The van der Waals surface area contributed by atoms with Crippen molar-refractivity contribution in [2.75, 3.05) is 0 Å². The second-order valence-electron chi connectivity index (χ2n) is 4.76.